The number of alkyl halides is 1. The van der Waals surface area contributed by atoms with Crippen LogP contribution in [0.5, 0.6) is 0 Å². The van der Waals surface area contributed by atoms with Gasteiger partial charge in [0, 0.05) is 5.56 Å². The Labute approximate surface area is 89.3 Å². The standard InChI is InChI=1S/C7H5Cl3FNO/c8-2-5(13)3-1-4(11)7(10)12-6(3)9/h1,5,13H,2H2. The van der Waals surface area contributed by atoms with Gasteiger partial charge in [-0.3, -0.25) is 0 Å². The van der Waals surface area contributed by atoms with Crippen LogP contribution in [-0.4, -0.2) is 16.0 Å². The molecule has 0 aliphatic carbocycles. The van der Waals surface area contributed by atoms with Crippen LogP contribution in [0.2, 0.25) is 10.3 Å². The number of aromatic nitrogens is 1. The molecule has 1 rings (SSSR count). The molecule has 0 saturated heterocycles. The number of rotatable bonds is 2. The highest BCUT2D eigenvalue weighted by atomic mass is 35.5. The average Bonchev–Trinajstić information content (AvgIpc) is 2.10. The monoisotopic (exact) mass is 243 g/mol. The van der Waals surface area contributed by atoms with Crippen LogP contribution in [0.25, 0.3) is 0 Å². The van der Waals surface area contributed by atoms with Crippen molar-refractivity contribution in [2.24, 2.45) is 0 Å². The second kappa shape index (κ2) is 4.42. The Morgan fingerprint density at radius 2 is 2.08 bits per heavy atom. The van der Waals surface area contributed by atoms with E-state index in [1.807, 2.05) is 0 Å². The van der Waals surface area contributed by atoms with Crippen LogP contribution < -0.4 is 0 Å². The first kappa shape index (κ1) is 11.0. The summed E-state index contributed by atoms with van der Waals surface area (Å²) in [5.74, 6) is -0.812. The van der Waals surface area contributed by atoms with Crippen molar-refractivity contribution in [3.8, 4) is 0 Å². The number of aliphatic hydroxyl groups is 1. The van der Waals surface area contributed by atoms with Gasteiger partial charge in [-0.2, -0.15) is 0 Å². The van der Waals surface area contributed by atoms with E-state index in [0.29, 0.717) is 0 Å². The largest absolute Gasteiger partial charge is 0.387 e. The molecule has 0 spiro atoms. The molecule has 13 heavy (non-hydrogen) atoms. The van der Waals surface area contributed by atoms with Gasteiger partial charge in [0.15, 0.2) is 11.0 Å². The minimum Gasteiger partial charge on any atom is -0.387 e. The predicted octanol–water partition coefficient (Wildman–Crippen LogP) is 2.80. The molecule has 0 bridgehead atoms. The van der Waals surface area contributed by atoms with Crippen molar-refractivity contribution >= 4 is 34.8 Å². The van der Waals surface area contributed by atoms with Crippen LogP contribution in [0.3, 0.4) is 0 Å². The van der Waals surface area contributed by atoms with Crippen molar-refractivity contribution in [3.05, 3.63) is 27.8 Å². The fourth-order valence-corrected chi connectivity index (χ4v) is 1.39. The maximum Gasteiger partial charge on any atom is 0.166 e. The van der Waals surface area contributed by atoms with Crippen LogP contribution >= 0.6 is 34.8 Å². The van der Waals surface area contributed by atoms with Gasteiger partial charge in [0.05, 0.1) is 12.0 Å². The molecule has 6 heteroatoms. The van der Waals surface area contributed by atoms with E-state index in [0.717, 1.165) is 6.07 Å². The van der Waals surface area contributed by atoms with Gasteiger partial charge in [-0.25, -0.2) is 9.37 Å². The van der Waals surface area contributed by atoms with Crippen LogP contribution in [0.1, 0.15) is 11.7 Å². The van der Waals surface area contributed by atoms with Gasteiger partial charge in [0.25, 0.3) is 0 Å². The average molecular weight is 244 g/mol. The van der Waals surface area contributed by atoms with Crippen molar-refractivity contribution in [1.82, 2.24) is 4.98 Å². The first-order chi connectivity index (χ1) is 6.06. The molecule has 72 valence electrons. The summed E-state index contributed by atoms with van der Waals surface area (Å²) >= 11 is 16.3. The van der Waals surface area contributed by atoms with Crippen molar-refractivity contribution in [1.29, 1.82) is 0 Å². The first-order valence-corrected chi connectivity index (χ1v) is 4.60. The summed E-state index contributed by atoms with van der Waals surface area (Å²) in [6, 6.07) is 1.02. The Morgan fingerprint density at radius 3 is 2.62 bits per heavy atom. The molecule has 1 aromatic rings. The van der Waals surface area contributed by atoms with Crippen molar-refractivity contribution in [3.63, 3.8) is 0 Å². The van der Waals surface area contributed by atoms with Gasteiger partial charge in [-0.1, -0.05) is 23.2 Å². The van der Waals surface area contributed by atoms with E-state index in [1.54, 1.807) is 0 Å². The smallest absolute Gasteiger partial charge is 0.166 e. The van der Waals surface area contributed by atoms with Crippen LogP contribution in [0, 0.1) is 5.82 Å². The quantitative estimate of drug-likeness (QED) is 0.641. The van der Waals surface area contributed by atoms with Crippen LogP contribution in [-0.2, 0) is 0 Å². The lowest BCUT2D eigenvalue weighted by atomic mass is 10.2. The summed E-state index contributed by atoms with van der Waals surface area (Å²) in [4.78, 5) is 3.48. The summed E-state index contributed by atoms with van der Waals surface area (Å²) < 4.78 is 12.8. The van der Waals surface area contributed by atoms with E-state index >= 15 is 0 Å². The highest BCUT2D eigenvalue weighted by Gasteiger charge is 2.15. The normalized spacial score (nSPS) is 13.0. The Kier molecular flexibility index (Phi) is 3.74. The second-order valence-electron chi connectivity index (χ2n) is 2.31. The molecular formula is C7H5Cl3FNO. The number of aliphatic hydroxyl groups excluding tert-OH is 1. The van der Waals surface area contributed by atoms with E-state index in [2.05, 4.69) is 4.98 Å². The van der Waals surface area contributed by atoms with E-state index in [-0.39, 0.29) is 21.7 Å². The van der Waals surface area contributed by atoms with Crippen molar-refractivity contribution in [2.75, 3.05) is 5.88 Å². The molecule has 0 radical (unpaired) electrons. The fraction of sp³-hybridized carbons (Fsp3) is 0.286. The third-order valence-corrected chi connectivity index (χ3v) is 2.28. The fourth-order valence-electron chi connectivity index (χ4n) is 0.777. The lowest BCUT2D eigenvalue weighted by molar-refractivity contribution is 0.202. The van der Waals surface area contributed by atoms with Gasteiger partial charge in [0.1, 0.15) is 5.15 Å². The molecule has 0 aliphatic rings. The zero-order chi connectivity index (χ0) is 10.0. The minimum atomic E-state index is -1.03. The molecule has 2 nitrogen and oxygen atoms in total. The molecule has 1 unspecified atom stereocenters. The van der Waals surface area contributed by atoms with Gasteiger partial charge >= 0.3 is 0 Å². The lowest BCUT2D eigenvalue weighted by Crippen LogP contribution is -2.02. The summed E-state index contributed by atoms with van der Waals surface area (Å²) in [6.07, 6.45) is -1.03. The molecule has 1 N–H and O–H groups in total. The Balaban J connectivity index is 3.15. The van der Waals surface area contributed by atoms with Gasteiger partial charge in [-0.05, 0) is 6.07 Å². The molecule has 1 atom stereocenters. The van der Waals surface area contributed by atoms with E-state index < -0.39 is 11.9 Å². The third-order valence-electron chi connectivity index (χ3n) is 1.42. The first-order valence-electron chi connectivity index (χ1n) is 3.31. The molecule has 0 aliphatic heterocycles. The van der Waals surface area contributed by atoms with Crippen molar-refractivity contribution in [2.45, 2.75) is 6.10 Å². The molecule has 1 heterocycles. The third kappa shape index (κ3) is 2.44. The highest BCUT2D eigenvalue weighted by molar-refractivity contribution is 6.33. The zero-order valence-corrected chi connectivity index (χ0v) is 8.54. The van der Waals surface area contributed by atoms with Crippen LogP contribution in [0.15, 0.2) is 6.07 Å². The van der Waals surface area contributed by atoms with Gasteiger partial charge in [0.2, 0.25) is 0 Å². The lowest BCUT2D eigenvalue weighted by Gasteiger charge is -2.08. The molecule has 0 aromatic carbocycles. The summed E-state index contributed by atoms with van der Waals surface area (Å²) in [7, 11) is 0. The Hall–Kier alpha value is -0.0900. The number of hydrogen-bond donors (Lipinski definition) is 1. The van der Waals surface area contributed by atoms with Gasteiger partial charge in [-0.15, -0.1) is 11.6 Å². The summed E-state index contributed by atoms with van der Waals surface area (Å²) in [5, 5.41) is 8.89. The molecule has 0 amide bonds. The van der Waals surface area contributed by atoms with Crippen LogP contribution in [0.4, 0.5) is 4.39 Å². The Bertz CT molecular complexity index is 321. The second-order valence-corrected chi connectivity index (χ2v) is 3.34. The van der Waals surface area contributed by atoms with E-state index in [9.17, 15) is 9.50 Å². The van der Waals surface area contributed by atoms with E-state index in [1.165, 1.54) is 0 Å². The maximum atomic E-state index is 12.8. The molecular weight excluding hydrogens is 239 g/mol. The number of nitrogens with zero attached hydrogens (tertiary/aromatic N) is 1. The minimum absolute atomic E-state index is 0.0421. The maximum absolute atomic E-state index is 12.8. The highest BCUT2D eigenvalue weighted by Crippen LogP contribution is 2.25. The number of halogens is 4. The molecule has 1 aromatic heterocycles. The number of hydrogen-bond acceptors (Lipinski definition) is 2. The zero-order valence-electron chi connectivity index (χ0n) is 6.27. The predicted molar refractivity (Wildman–Crippen MR) is 49.9 cm³/mol. The van der Waals surface area contributed by atoms with Gasteiger partial charge < -0.3 is 5.11 Å². The number of pyridine rings is 1. The van der Waals surface area contributed by atoms with Crippen molar-refractivity contribution < 1.29 is 9.50 Å². The summed E-state index contributed by atoms with van der Waals surface area (Å²) in [5.41, 5.74) is 0.138. The van der Waals surface area contributed by atoms with E-state index in [4.69, 9.17) is 34.8 Å². The summed E-state index contributed by atoms with van der Waals surface area (Å²) in [6.45, 7) is 0. The molecule has 0 fully saturated rings. The Morgan fingerprint density at radius 1 is 1.46 bits per heavy atom. The molecule has 0 saturated carbocycles. The topological polar surface area (TPSA) is 33.1 Å². The SMILES string of the molecule is OC(CCl)c1cc(F)c(Cl)nc1Cl.